The van der Waals surface area contributed by atoms with Gasteiger partial charge in [-0.05, 0) is 23.8 Å². The Bertz CT molecular complexity index is 701. The third kappa shape index (κ3) is 3.74. The Hall–Kier alpha value is -2.04. The minimum absolute atomic E-state index is 0.0469. The predicted octanol–water partition coefficient (Wildman–Crippen LogP) is 3.87. The van der Waals surface area contributed by atoms with Gasteiger partial charge in [-0.25, -0.2) is 4.79 Å². The maximum atomic E-state index is 12.0. The highest BCUT2D eigenvalue weighted by molar-refractivity contribution is 6.34. The number of hydrogen-bond donors (Lipinski definition) is 2. The van der Waals surface area contributed by atoms with Crippen LogP contribution in [0.2, 0.25) is 10.0 Å². The number of nitrogens with one attached hydrogen (secondary N) is 1. The number of carboxylic acid groups (broad SMARTS) is 1. The summed E-state index contributed by atoms with van der Waals surface area (Å²) in [6.07, 6.45) is 0.0469. The topological polar surface area (TPSA) is 66.4 Å². The van der Waals surface area contributed by atoms with E-state index in [1.165, 1.54) is 12.1 Å². The Labute approximate surface area is 131 Å². The van der Waals surface area contributed by atoms with Crippen molar-refractivity contribution < 1.29 is 14.7 Å². The minimum atomic E-state index is -1.20. The Morgan fingerprint density at radius 3 is 2.33 bits per heavy atom. The number of benzene rings is 2. The van der Waals surface area contributed by atoms with Gasteiger partial charge in [-0.3, -0.25) is 4.79 Å². The summed E-state index contributed by atoms with van der Waals surface area (Å²) in [5, 5.41) is 12.2. The summed E-state index contributed by atoms with van der Waals surface area (Å²) in [5.74, 6) is -1.57. The molecule has 4 nitrogen and oxygen atoms in total. The van der Waals surface area contributed by atoms with Crippen LogP contribution in [-0.4, -0.2) is 17.0 Å². The highest BCUT2D eigenvalue weighted by Crippen LogP contribution is 2.25. The first-order chi connectivity index (χ1) is 9.99. The fourth-order valence-corrected chi connectivity index (χ4v) is 2.31. The van der Waals surface area contributed by atoms with Crippen LogP contribution in [0.5, 0.6) is 0 Å². The molecule has 0 saturated carbocycles. The fourth-order valence-electron chi connectivity index (χ4n) is 1.85. The van der Waals surface area contributed by atoms with Crippen LogP contribution in [0.4, 0.5) is 5.69 Å². The van der Waals surface area contributed by atoms with Gasteiger partial charge in [-0.15, -0.1) is 0 Å². The third-order valence-electron chi connectivity index (χ3n) is 2.81. The van der Waals surface area contributed by atoms with Crippen molar-refractivity contribution in [3.05, 3.63) is 63.6 Å². The molecule has 0 aliphatic rings. The Morgan fingerprint density at radius 2 is 1.67 bits per heavy atom. The van der Waals surface area contributed by atoms with E-state index in [4.69, 9.17) is 28.3 Å². The molecule has 0 fully saturated rings. The number of hydrogen-bond acceptors (Lipinski definition) is 2. The first-order valence-corrected chi connectivity index (χ1v) is 6.79. The molecule has 0 heterocycles. The van der Waals surface area contributed by atoms with Gasteiger partial charge < -0.3 is 10.4 Å². The molecule has 0 saturated heterocycles. The van der Waals surface area contributed by atoms with Gasteiger partial charge in [-0.2, -0.15) is 0 Å². The quantitative estimate of drug-likeness (QED) is 0.897. The lowest BCUT2D eigenvalue weighted by Gasteiger charge is -2.10. The van der Waals surface area contributed by atoms with E-state index in [9.17, 15) is 9.59 Å². The molecular formula is C15H11Cl2NO3. The predicted molar refractivity (Wildman–Crippen MR) is 82.2 cm³/mol. The monoisotopic (exact) mass is 323 g/mol. The van der Waals surface area contributed by atoms with Gasteiger partial charge in [0.15, 0.2) is 0 Å². The number of rotatable bonds is 4. The zero-order valence-electron chi connectivity index (χ0n) is 10.8. The van der Waals surface area contributed by atoms with Crippen molar-refractivity contribution in [2.45, 2.75) is 6.42 Å². The molecule has 0 aliphatic heterocycles. The van der Waals surface area contributed by atoms with E-state index in [0.717, 1.165) is 0 Å². The van der Waals surface area contributed by atoms with Gasteiger partial charge in [0.1, 0.15) is 5.56 Å². The molecule has 0 aliphatic carbocycles. The molecule has 0 atom stereocenters. The standard InChI is InChI=1S/C15H11Cl2NO3/c16-10-5-2-1-4-9(10)8-13(19)18-12-7-3-6-11(17)14(12)15(20)21/h1-7H,8H2,(H,18,19)(H,20,21). The van der Waals surface area contributed by atoms with Crippen molar-refractivity contribution in [2.75, 3.05) is 5.32 Å². The largest absolute Gasteiger partial charge is 0.478 e. The van der Waals surface area contributed by atoms with Crippen LogP contribution in [0.15, 0.2) is 42.5 Å². The van der Waals surface area contributed by atoms with E-state index in [2.05, 4.69) is 5.32 Å². The highest BCUT2D eigenvalue weighted by atomic mass is 35.5. The Kier molecular flexibility index (Phi) is 4.83. The van der Waals surface area contributed by atoms with Gasteiger partial charge in [0.2, 0.25) is 5.91 Å². The maximum absolute atomic E-state index is 12.0. The molecular weight excluding hydrogens is 313 g/mol. The molecule has 2 N–H and O–H groups in total. The summed E-state index contributed by atoms with van der Waals surface area (Å²) in [4.78, 5) is 23.2. The van der Waals surface area contributed by atoms with Crippen molar-refractivity contribution in [2.24, 2.45) is 0 Å². The summed E-state index contributed by atoms with van der Waals surface area (Å²) in [6.45, 7) is 0. The van der Waals surface area contributed by atoms with Crippen LogP contribution in [-0.2, 0) is 11.2 Å². The van der Waals surface area contributed by atoms with Crippen LogP contribution in [0.25, 0.3) is 0 Å². The summed E-state index contributed by atoms with van der Waals surface area (Å²) in [6, 6.07) is 11.5. The number of carbonyl (C=O) groups excluding carboxylic acids is 1. The molecule has 0 unspecified atom stereocenters. The number of carboxylic acids is 1. The summed E-state index contributed by atoms with van der Waals surface area (Å²) in [5.41, 5.74) is 0.689. The fraction of sp³-hybridized carbons (Fsp3) is 0.0667. The van der Waals surface area contributed by atoms with Gasteiger partial charge >= 0.3 is 5.97 Å². The Balaban J connectivity index is 2.19. The molecule has 108 valence electrons. The number of carbonyl (C=O) groups is 2. The second-order valence-corrected chi connectivity index (χ2v) is 5.10. The first-order valence-electron chi connectivity index (χ1n) is 6.04. The minimum Gasteiger partial charge on any atom is -0.478 e. The SMILES string of the molecule is O=C(Cc1ccccc1Cl)Nc1cccc(Cl)c1C(=O)O. The van der Waals surface area contributed by atoms with Crippen LogP contribution >= 0.6 is 23.2 Å². The van der Waals surface area contributed by atoms with Crippen LogP contribution in [0, 0.1) is 0 Å². The zero-order valence-corrected chi connectivity index (χ0v) is 12.3. The normalized spacial score (nSPS) is 10.2. The van der Waals surface area contributed by atoms with Crippen molar-refractivity contribution in [1.82, 2.24) is 0 Å². The molecule has 2 aromatic rings. The molecule has 0 bridgehead atoms. The number of amides is 1. The second-order valence-electron chi connectivity index (χ2n) is 4.28. The molecule has 1 amide bonds. The number of aromatic carboxylic acids is 1. The van der Waals surface area contributed by atoms with Crippen molar-refractivity contribution in [3.8, 4) is 0 Å². The lowest BCUT2D eigenvalue weighted by Crippen LogP contribution is -2.17. The van der Waals surface area contributed by atoms with E-state index in [1.807, 2.05) is 0 Å². The average Bonchev–Trinajstić information content (AvgIpc) is 2.41. The molecule has 2 aromatic carbocycles. The third-order valence-corrected chi connectivity index (χ3v) is 3.49. The maximum Gasteiger partial charge on any atom is 0.339 e. The summed E-state index contributed by atoms with van der Waals surface area (Å²) in [7, 11) is 0. The zero-order chi connectivity index (χ0) is 15.4. The lowest BCUT2D eigenvalue weighted by atomic mass is 10.1. The van der Waals surface area contributed by atoms with Gasteiger partial charge in [0.25, 0.3) is 0 Å². The van der Waals surface area contributed by atoms with Crippen molar-refractivity contribution >= 4 is 40.8 Å². The number of anilines is 1. The van der Waals surface area contributed by atoms with Crippen LogP contribution in [0.1, 0.15) is 15.9 Å². The highest BCUT2D eigenvalue weighted by Gasteiger charge is 2.16. The van der Waals surface area contributed by atoms with E-state index in [-0.39, 0.29) is 28.6 Å². The van der Waals surface area contributed by atoms with Crippen molar-refractivity contribution in [3.63, 3.8) is 0 Å². The van der Waals surface area contributed by atoms with Crippen LogP contribution < -0.4 is 5.32 Å². The molecule has 0 radical (unpaired) electrons. The van der Waals surface area contributed by atoms with Gasteiger partial charge in [0, 0.05) is 5.02 Å². The van der Waals surface area contributed by atoms with Crippen molar-refractivity contribution in [1.29, 1.82) is 0 Å². The molecule has 6 heteroatoms. The van der Waals surface area contributed by atoms with E-state index < -0.39 is 5.97 Å². The molecule has 2 rings (SSSR count). The average molecular weight is 324 g/mol. The summed E-state index contributed by atoms with van der Waals surface area (Å²) >= 11 is 11.8. The van der Waals surface area contributed by atoms with E-state index in [1.54, 1.807) is 30.3 Å². The van der Waals surface area contributed by atoms with Crippen LogP contribution in [0.3, 0.4) is 0 Å². The molecule has 0 spiro atoms. The van der Waals surface area contributed by atoms with E-state index >= 15 is 0 Å². The first kappa shape index (κ1) is 15.4. The second kappa shape index (κ2) is 6.61. The lowest BCUT2D eigenvalue weighted by molar-refractivity contribution is -0.115. The summed E-state index contributed by atoms with van der Waals surface area (Å²) < 4.78 is 0. The van der Waals surface area contributed by atoms with Gasteiger partial charge in [0.05, 0.1) is 17.1 Å². The Morgan fingerprint density at radius 1 is 1.00 bits per heavy atom. The molecule has 21 heavy (non-hydrogen) atoms. The number of halogens is 2. The smallest absolute Gasteiger partial charge is 0.339 e. The van der Waals surface area contributed by atoms with E-state index in [0.29, 0.717) is 10.6 Å². The van der Waals surface area contributed by atoms with Gasteiger partial charge in [-0.1, -0.05) is 47.5 Å². The molecule has 0 aromatic heterocycles.